The molecular weight excluding hydrogens is 340 g/mol. The zero-order valence-electron chi connectivity index (χ0n) is 15.0. The van der Waals surface area contributed by atoms with Crippen molar-refractivity contribution in [3.63, 3.8) is 0 Å². The highest BCUT2D eigenvalue weighted by atomic mass is 16.6. The van der Waals surface area contributed by atoms with Gasteiger partial charge in [0.25, 0.3) is 11.6 Å². The monoisotopic (exact) mass is 360 g/mol. The van der Waals surface area contributed by atoms with Crippen LogP contribution in [-0.2, 0) is 10.3 Å². The Labute approximate surface area is 150 Å². The molecule has 1 aromatic heterocycles. The van der Waals surface area contributed by atoms with Crippen LogP contribution in [0.25, 0.3) is 0 Å². The van der Waals surface area contributed by atoms with E-state index in [1.54, 1.807) is 6.92 Å². The molecule has 0 spiro atoms. The average molecular weight is 360 g/mol. The summed E-state index contributed by atoms with van der Waals surface area (Å²) < 4.78 is 6.38. The van der Waals surface area contributed by atoms with E-state index in [0.717, 1.165) is 0 Å². The summed E-state index contributed by atoms with van der Waals surface area (Å²) in [5.41, 5.74) is -0.0193. The summed E-state index contributed by atoms with van der Waals surface area (Å²) in [6, 6.07) is 6.81. The third-order valence-electron chi connectivity index (χ3n) is 3.40. The Balaban J connectivity index is 2.31. The minimum atomic E-state index is -0.611. The first-order valence-electron chi connectivity index (χ1n) is 7.97. The van der Waals surface area contributed by atoms with Gasteiger partial charge in [-0.05, 0) is 39.8 Å². The fourth-order valence-electron chi connectivity index (χ4n) is 2.22. The Hall–Kier alpha value is -3.23. The van der Waals surface area contributed by atoms with Crippen molar-refractivity contribution < 1.29 is 19.2 Å². The second kappa shape index (κ2) is 7.34. The summed E-state index contributed by atoms with van der Waals surface area (Å²) in [7, 11) is 0. The van der Waals surface area contributed by atoms with Gasteiger partial charge in [-0.3, -0.25) is 19.6 Å². The van der Waals surface area contributed by atoms with Crippen molar-refractivity contribution in [3.05, 3.63) is 51.8 Å². The van der Waals surface area contributed by atoms with Crippen LogP contribution in [-0.4, -0.2) is 33.2 Å². The molecular formula is C17H20N4O5. The summed E-state index contributed by atoms with van der Waals surface area (Å²) in [4.78, 5) is 34.7. The van der Waals surface area contributed by atoms with Gasteiger partial charge in [-0.1, -0.05) is 0 Å². The fourth-order valence-corrected chi connectivity index (χ4v) is 2.22. The lowest BCUT2D eigenvalue weighted by atomic mass is 10.1. The molecule has 0 radical (unpaired) electrons. The molecule has 0 saturated carbocycles. The van der Waals surface area contributed by atoms with E-state index in [1.165, 1.54) is 35.0 Å². The van der Waals surface area contributed by atoms with Gasteiger partial charge >= 0.3 is 5.97 Å². The van der Waals surface area contributed by atoms with Crippen molar-refractivity contribution in [3.8, 4) is 0 Å². The van der Waals surface area contributed by atoms with Gasteiger partial charge in [0.1, 0.15) is 5.69 Å². The number of nitro benzene ring substituents is 1. The molecule has 1 N–H and O–H groups in total. The first kappa shape index (κ1) is 19.1. The summed E-state index contributed by atoms with van der Waals surface area (Å²) in [6.07, 6.45) is 0. The Kier molecular flexibility index (Phi) is 5.39. The number of carbonyl (C=O) groups is 2. The summed E-state index contributed by atoms with van der Waals surface area (Å²) in [6.45, 7) is 7.42. The van der Waals surface area contributed by atoms with E-state index in [9.17, 15) is 19.7 Å². The van der Waals surface area contributed by atoms with Gasteiger partial charge in [-0.25, -0.2) is 4.79 Å². The topological polar surface area (TPSA) is 116 Å². The minimum absolute atomic E-state index is 0.0376. The van der Waals surface area contributed by atoms with Gasteiger partial charge in [-0.15, -0.1) is 0 Å². The maximum absolute atomic E-state index is 12.6. The number of amides is 1. The number of non-ortho nitro benzene ring substituents is 1. The third kappa shape index (κ3) is 4.24. The lowest BCUT2D eigenvalue weighted by molar-refractivity contribution is -0.384. The van der Waals surface area contributed by atoms with E-state index < -0.39 is 22.3 Å². The maximum Gasteiger partial charge on any atom is 0.358 e. The Morgan fingerprint density at radius 1 is 1.27 bits per heavy atom. The summed E-state index contributed by atoms with van der Waals surface area (Å²) >= 11 is 0. The molecule has 2 aromatic rings. The van der Waals surface area contributed by atoms with Crippen LogP contribution in [0.4, 0.5) is 11.4 Å². The molecule has 1 amide bonds. The molecule has 0 unspecified atom stereocenters. The van der Waals surface area contributed by atoms with Crippen LogP contribution < -0.4 is 5.32 Å². The molecule has 0 saturated heterocycles. The zero-order valence-corrected chi connectivity index (χ0v) is 15.0. The highest BCUT2D eigenvalue weighted by Gasteiger charge is 2.26. The van der Waals surface area contributed by atoms with Gasteiger partial charge in [0.15, 0.2) is 5.69 Å². The number of aromatic nitrogens is 2. The van der Waals surface area contributed by atoms with Crippen molar-refractivity contribution >= 4 is 23.3 Å². The molecule has 0 aliphatic carbocycles. The molecule has 9 nitrogen and oxygen atoms in total. The highest BCUT2D eigenvalue weighted by Crippen LogP contribution is 2.20. The van der Waals surface area contributed by atoms with E-state index in [2.05, 4.69) is 10.4 Å². The molecule has 138 valence electrons. The number of nitrogens with one attached hydrogen (secondary N) is 1. The molecule has 1 aromatic carbocycles. The predicted molar refractivity (Wildman–Crippen MR) is 94.2 cm³/mol. The predicted octanol–water partition coefficient (Wildman–Crippen LogP) is 2.98. The average Bonchev–Trinajstić information content (AvgIpc) is 3.01. The number of ether oxygens (including phenoxy) is 1. The minimum Gasteiger partial charge on any atom is -0.461 e. The molecule has 26 heavy (non-hydrogen) atoms. The van der Waals surface area contributed by atoms with E-state index >= 15 is 0 Å². The first-order valence-corrected chi connectivity index (χ1v) is 7.97. The van der Waals surface area contributed by atoms with Gasteiger partial charge in [-0.2, -0.15) is 5.10 Å². The second-order valence-corrected chi connectivity index (χ2v) is 6.48. The molecule has 0 aliphatic rings. The number of esters is 1. The van der Waals surface area contributed by atoms with Crippen molar-refractivity contribution in [2.24, 2.45) is 0 Å². The Bertz CT molecular complexity index is 834. The van der Waals surface area contributed by atoms with Crippen LogP contribution in [0.1, 0.15) is 48.7 Å². The maximum atomic E-state index is 12.6. The standard InChI is InChI=1S/C17H20N4O5/c1-5-26-16(23)13-10-14(20(19-13)17(2,3)4)15(22)18-11-6-8-12(9-7-11)21(24)25/h6-10H,5H2,1-4H3,(H,18,22). The SMILES string of the molecule is CCOC(=O)c1cc(C(=O)Nc2ccc([N+](=O)[O-])cc2)n(C(C)(C)C)n1. The van der Waals surface area contributed by atoms with Crippen LogP contribution in [0, 0.1) is 10.1 Å². The smallest absolute Gasteiger partial charge is 0.358 e. The summed E-state index contributed by atoms with van der Waals surface area (Å²) in [5.74, 6) is -1.10. The molecule has 2 rings (SSSR count). The first-order chi connectivity index (χ1) is 12.1. The van der Waals surface area contributed by atoms with Crippen molar-refractivity contribution in [2.75, 3.05) is 11.9 Å². The number of anilines is 1. The van der Waals surface area contributed by atoms with Gasteiger partial charge < -0.3 is 10.1 Å². The number of benzene rings is 1. The number of hydrogen-bond acceptors (Lipinski definition) is 6. The van der Waals surface area contributed by atoms with E-state index in [1.807, 2.05) is 20.8 Å². The largest absolute Gasteiger partial charge is 0.461 e. The Morgan fingerprint density at radius 2 is 1.88 bits per heavy atom. The third-order valence-corrected chi connectivity index (χ3v) is 3.40. The van der Waals surface area contributed by atoms with Gasteiger partial charge in [0.05, 0.1) is 17.1 Å². The van der Waals surface area contributed by atoms with E-state index in [-0.39, 0.29) is 23.7 Å². The highest BCUT2D eigenvalue weighted by molar-refractivity contribution is 6.04. The molecule has 0 atom stereocenters. The van der Waals surface area contributed by atoms with Crippen molar-refractivity contribution in [2.45, 2.75) is 33.2 Å². The van der Waals surface area contributed by atoms with Crippen LogP contribution in [0.5, 0.6) is 0 Å². The molecule has 9 heteroatoms. The molecule has 0 fully saturated rings. The number of rotatable bonds is 5. The lowest BCUT2D eigenvalue weighted by Crippen LogP contribution is -2.29. The lowest BCUT2D eigenvalue weighted by Gasteiger charge is -2.21. The summed E-state index contributed by atoms with van der Waals surface area (Å²) in [5, 5.41) is 17.5. The molecule has 0 bridgehead atoms. The quantitative estimate of drug-likeness (QED) is 0.498. The number of nitrogens with zero attached hydrogens (tertiary/aromatic N) is 3. The van der Waals surface area contributed by atoms with E-state index in [0.29, 0.717) is 5.69 Å². The number of carbonyl (C=O) groups excluding carboxylic acids is 2. The van der Waals surface area contributed by atoms with Crippen LogP contribution in [0.2, 0.25) is 0 Å². The molecule has 0 aliphatic heterocycles. The molecule has 1 heterocycles. The van der Waals surface area contributed by atoms with Gasteiger partial charge in [0.2, 0.25) is 0 Å². The number of nitro groups is 1. The Morgan fingerprint density at radius 3 is 2.38 bits per heavy atom. The normalized spacial score (nSPS) is 11.1. The van der Waals surface area contributed by atoms with Crippen LogP contribution in [0.15, 0.2) is 30.3 Å². The second-order valence-electron chi connectivity index (χ2n) is 6.48. The van der Waals surface area contributed by atoms with E-state index in [4.69, 9.17) is 4.74 Å². The van der Waals surface area contributed by atoms with Gasteiger partial charge in [0, 0.05) is 23.9 Å². The van der Waals surface area contributed by atoms with Crippen LogP contribution >= 0.6 is 0 Å². The number of hydrogen-bond donors (Lipinski definition) is 1. The zero-order chi connectivity index (χ0) is 19.5. The van der Waals surface area contributed by atoms with Crippen molar-refractivity contribution in [1.29, 1.82) is 0 Å². The van der Waals surface area contributed by atoms with Crippen LogP contribution in [0.3, 0.4) is 0 Å². The van der Waals surface area contributed by atoms with Crippen molar-refractivity contribution in [1.82, 2.24) is 9.78 Å². The fraction of sp³-hybridized carbons (Fsp3) is 0.353.